The molecule has 2 saturated heterocycles. The van der Waals surface area contributed by atoms with E-state index in [2.05, 4.69) is 25.9 Å². The number of hydrogen-bond acceptors (Lipinski definition) is 8. The summed E-state index contributed by atoms with van der Waals surface area (Å²) in [6.45, 7) is 9.49. The maximum atomic E-state index is 13.7. The predicted octanol–water partition coefficient (Wildman–Crippen LogP) is 4.98. The maximum absolute atomic E-state index is 13.7. The van der Waals surface area contributed by atoms with Crippen molar-refractivity contribution in [2.75, 3.05) is 69.2 Å². The highest BCUT2D eigenvalue weighted by molar-refractivity contribution is 6.01. The van der Waals surface area contributed by atoms with Crippen LogP contribution in [0.25, 0.3) is 0 Å². The van der Waals surface area contributed by atoms with Crippen LogP contribution in [-0.2, 0) is 22.6 Å². The minimum absolute atomic E-state index is 0.00505. The normalized spacial score (nSPS) is 15.8. The molecule has 1 amide bonds. The van der Waals surface area contributed by atoms with Crippen molar-refractivity contribution in [2.45, 2.75) is 31.6 Å². The predicted molar refractivity (Wildman–Crippen MR) is 162 cm³/mol. The zero-order valence-electron chi connectivity index (χ0n) is 26.0. The summed E-state index contributed by atoms with van der Waals surface area (Å²) in [5, 5.41) is 9.63. The van der Waals surface area contributed by atoms with Crippen molar-refractivity contribution >= 4 is 17.5 Å². The van der Waals surface area contributed by atoms with Gasteiger partial charge in [-0.2, -0.15) is 31.3 Å². The van der Waals surface area contributed by atoms with E-state index < -0.39 is 46.2 Å². The highest BCUT2D eigenvalue weighted by atomic mass is 19.4. The first-order chi connectivity index (χ1) is 22.1. The molecule has 1 aromatic heterocycles. The molecule has 2 aliphatic rings. The fourth-order valence-electron chi connectivity index (χ4n) is 4.86. The average molecular weight is 672 g/mol. The van der Waals surface area contributed by atoms with Crippen LogP contribution >= 0.6 is 0 Å². The Morgan fingerprint density at radius 1 is 0.809 bits per heavy atom. The molecule has 47 heavy (non-hydrogen) atoms. The number of anilines is 2. The summed E-state index contributed by atoms with van der Waals surface area (Å²) >= 11 is 0. The third-order valence-corrected chi connectivity index (χ3v) is 7.62. The number of hydrogen-bond donors (Lipinski definition) is 3. The van der Waals surface area contributed by atoms with Crippen LogP contribution in [-0.4, -0.2) is 75.3 Å². The molecule has 0 radical (unpaired) electrons. The van der Waals surface area contributed by atoms with Crippen LogP contribution in [0, 0.1) is 5.82 Å². The number of halogens is 7. The van der Waals surface area contributed by atoms with Crippen LogP contribution in [0.15, 0.2) is 48.7 Å². The highest BCUT2D eigenvalue weighted by Gasteiger charge is 2.41. The molecule has 0 bridgehead atoms. The zero-order chi connectivity index (χ0) is 34.4. The van der Waals surface area contributed by atoms with Gasteiger partial charge in [0.05, 0.1) is 22.7 Å². The molecule has 2 aliphatic heterocycles. The molecule has 3 N–H and O–H groups in total. The van der Waals surface area contributed by atoms with Gasteiger partial charge in [0.15, 0.2) is 0 Å². The number of benzene rings is 2. The molecule has 2 fully saturated rings. The quantitative estimate of drug-likeness (QED) is 0.317. The van der Waals surface area contributed by atoms with Gasteiger partial charge in [-0.3, -0.25) is 4.79 Å². The third-order valence-electron chi connectivity index (χ3n) is 7.62. The van der Waals surface area contributed by atoms with Crippen molar-refractivity contribution in [3.8, 4) is 11.6 Å². The van der Waals surface area contributed by atoms with Crippen LogP contribution in [0.5, 0.6) is 11.6 Å². The fourth-order valence-corrected chi connectivity index (χ4v) is 4.86. The second-order valence-corrected chi connectivity index (χ2v) is 11.4. The summed E-state index contributed by atoms with van der Waals surface area (Å²) in [6, 6.07) is 6.03. The lowest BCUT2D eigenvalue weighted by molar-refractivity contribution is -0.143. The average Bonchev–Trinajstić information content (AvgIpc) is 3.05. The van der Waals surface area contributed by atoms with Crippen LogP contribution < -0.4 is 30.5 Å². The molecular formula is C31H36F7N7O2. The number of carbonyl (C=O) groups is 1. The SMILES string of the molecule is C1CNCCN1.CN(C(=O)C(C)(C)c1cc(C(F)(F)F)cc(C(F)(F)F)c1)c1cnc(N2CCNCC2)nc1Oc1ccc(F)cc1. The number of aromatic nitrogens is 2. The van der Waals surface area contributed by atoms with Crippen LogP contribution in [0.1, 0.15) is 30.5 Å². The fraction of sp³-hybridized carbons (Fsp3) is 0.452. The minimum atomic E-state index is -5.08. The van der Waals surface area contributed by atoms with Crippen molar-refractivity contribution < 1.29 is 40.3 Å². The molecule has 0 atom stereocenters. The number of piperazine rings is 2. The highest BCUT2D eigenvalue weighted by Crippen LogP contribution is 2.40. The Kier molecular flexibility index (Phi) is 11.3. The van der Waals surface area contributed by atoms with Crippen molar-refractivity contribution in [1.29, 1.82) is 0 Å². The second kappa shape index (κ2) is 14.8. The summed E-state index contributed by atoms with van der Waals surface area (Å²) < 4.78 is 100. The van der Waals surface area contributed by atoms with Gasteiger partial charge in [0.2, 0.25) is 17.7 Å². The van der Waals surface area contributed by atoms with Gasteiger partial charge in [0.1, 0.15) is 17.3 Å². The molecule has 3 heterocycles. The summed E-state index contributed by atoms with van der Waals surface area (Å²) in [4.78, 5) is 25.4. The number of rotatable bonds is 6. The van der Waals surface area contributed by atoms with E-state index in [1.54, 1.807) is 0 Å². The van der Waals surface area contributed by atoms with E-state index in [1.165, 1.54) is 39.2 Å². The Bertz CT molecular complexity index is 1460. The van der Waals surface area contributed by atoms with E-state index in [0.717, 1.165) is 43.2 Å². The summed E-state index contributed by atoms with van der Waals surface area (Å²) in [7, 11) is 1.28. The molecule has 0 aliphatic carbocycles. The van der Waals surface area contributed by atoms with Gasteiger partial charge in [-0.25, -0.2) is 9.37 Å². The largest absolute Gasteiger partial charge is 0.437 e. The van der Waals surface area contributed by atoms with Gasteiger partial charge in [0.25, 0.3) is 0 Å². The van der Waals surface area contributed by atoms with Crippen molar-refractivity contribution in [1.82, 2.24) is 25.9 Å². The Morgan fingerprint density at radius 3 is 1.79 bits per heavy atom. The Labute approximate surface area is 267 Å². The summed E-state index contributed by atoms with van der Waals surface area (Å²) in [5.41, 5.74) is -5.42. The third kappa shape index (κ3) is 9.29. The lowest BCUT2D eigenvalue weighted by Crippen LogP contribution is -2.44. The van der Waals surface area contributed by atoms with Gasteiger partial charge in [0, 0.05) is 59.4 Å². The molecule has 9 nitrogen and oxygen atoms in total. The molecule has 5 rings (SSSR count). The van der Waals surface area contributed by atoms with Gasteiger partial charge in [-0.15, -0.1) is 0 Å². The molecule has 0 unspecified atom stereocenters. The van der Waals surface area contributed by atoms with Gasteiger partial charge < -0.3 is 30.5 Å². The van der Waals surface area contributed by atoms with E-state index in [1.807, 2.05) is 4.90 Å². The Balaban J connectivity index is 0.000000748. The Hall–Kier alpha value is -4.02. The number of carbonyl (C=O) groups excluding carboxylic acids is 1. The monoisotopic (exact) mass is 671 g/mol. The molecule has 256 valence electrons. The van der Waals surface area contributed by atoms with E-state index in [0.29, 0.717) is 38.3 Å². The molecule has 3 aromatic rings. The van der Waals surface area contributed by atoms with Crippen molar-refractivity contribution in [3.05, 3.63) is 71.2 Å². The molecule has 16 heteroatoms. The minimum Gasteiger partial charge on any atom is -0.437 e. The van der Waals surface area contributed by atoms with E-state index >= 15 is 0 Å². The van der Waals surface area contributed by atoms with Crippen LogP contribution in [0.3, 0.4) is 0 Å². The lowest BCUT2D eigenvalue weighted by atomic mass is 9.81. The van der Waals surface area contributed by atoms with Gasteiger partial charge in [-0.1, -0.05) is 0 Å². The standard InChI is InChI=1S/C27H26F7N5O2.C4H10N2/c1-25(2,16-12-17(26(29,30)31)14-18(13-16)27(32,33)34)23(40)38(3)21-15-36-24(39-10-8-35-9-11-39)37-22(21)41-20-6-4-19(28)5-7-20;1-2-6-4-3-5-1/h4-7,12-15,35H,8-11H2,1-3H3;5-6H,1-4H2. The molecular weight excluding hydrogens is 635 g/mol. The van der Waals surface area contributed by atoms with E-state index in [4.69, 9.17) is 4.74 Å². The molecule has 2 aromatic carbocycles. The topological polar surface area (TPSA) is 94.7 Å². The summed E-state index contributed by atoms with van der Waals surface area (Å²) in [5.74, 6) is -1.04. The number of ether oxygens (including phenoxy) is 1. The van der Waals surface area contributed by atoms with Gasteiger partial charge in [-0.05, 0) is 61.9 Å². The van der Waals surface area contributed by atoms with Gasteiger partial charge >= 0.3 is 12.4 Å². The number of likely N-dealkylation sites (N-methyl/N-ethyl adjacent to an activating group) is 1. The Morgan fingerprint density at radius 2 is 1.30 bits per heavy atom. The number of nitrogens with zero attached hydrogens (tertiary/aromatic N) is 4. The van der Waals surface area contributed by atoms with E-state index in [-0.39, 0.29) is 29.3 Å². The van der Waals surface area contributed by atoms with Crippen molar-refractivity contribution in [2.24, 2.45) is 0 Å². The maximum Gasteiger partial charge on any atom is 0.416 e. The van der Waals surface area contributed by atoms with E-state index in [9.17, 15) is 35.5 Å². The summed E-state index contributed by atoms with van der Waals surface area (Å²) in [6.07, 6.45) is -8.87. The second-order valence-electron chi connectivity index (χ2n) is 11.4. The van der Waals surface area contributed by atoms with Crippen LogP contribution in [0.4, 0.5) is 42.4 Å². The number of amides is 1. The first-order valence-corrected chi connectivity index (χ1v) is 14.8. The first-order valence-electron chi connectivity index (χ1n) is 14.8. The lowest BCUT2D eigenvalue weighted by Gasteiger charge is -2.32. The van der Waals surface area contributed by atoms with Crippen molar-refractivity contribution in [3.63, 3.8) is 0 Å². The number of nitrogens with one attached hydrogen (secondary N) is 3. The van der Waals surface area contributed by atoms with Crippen LogP contribution in [0.2, 0.25) is 0 Å². The smallest absolute Gasteiger partial charge is 0.416 e. The molecule has 0 saturated carbocycles. The zero-order valence-corrected chi connectivity index (χ0v) is 26.0. The number of alkyl halides is 6. The first kappa shape index (κ1) is 35.8. The molecule has 0 spiro atoms.